The summed E-state index contributed by atoms with van der Waals surface area (Å²) in [6.45, 7) is 2.61. The van der Waals surface area contributed by atoms with E-state index in [1.54, 1.807) is 38.1 Å². The molecule has 0 fully saturated rings. The SMILES string of the molecule is CC1(C)C(=O)Nc2ccccc2N1C(=O)COC(=O)c1ccc(Cl)cc1O. The van der Waals surface area contributed by atoms with Crippen molar-refractivity contribution in [2.24, 2.45) is 0 Å². The zero-order valence-corrected chi connectivity index (χ0v) is 15.4. The Hall–Kier alpha value is -3.06. The number of nitrogens with one attached hydrogen (secondary N) is 1. The molecule has 7 nitrogen and oxygen atoms in total. The van der Waals surface area contributed by atoms with E-state index in [1.807, 2.05) is 0 Å². The van der Waals surface area contributed by atoms with Crippen LogP contribution in [0.2, 0.25) is 5.02 Å². The summed E-state index contributed by atoms with van der Waals surface area (Å²) in [5.41, 5.74) is -0.266. The van der Waals surface area contributed by atoms with Crippen LogP contribution in [0.1, 0.15) is 24.2 Å². The van der Waals surface area contributed by atoms with E-state index in [2.05, 4.69) is 5.32 Å². The van der Waals surface area contributed by atoms with Crippen molar-refractivity contribution in [3.8, 4) is 5.75 Å². The fourth-order valence-electron chi connectivity index (χ4n) is 2.85. The average Bonchev–Trinajstić information content (AvgIpc) is 2.60. The average molecular weight is 389 g/mol. The zero-order chi connectivity index (χ0) is 19.8. The van der Waals surface area contributed by atoms with Gasteiger partial charge in [-0.15, -0.1) is 0 Å². The van der Waals surface area contributed by atoms with Crippen LogP contribution in [-0.2, 0) is 14.3 Å². The predicted octanol–water partition coefficient (Wildman–Crippen LogP) is 2.97. The van der Waals surface area contributed by atoms with Crippen LogP contribution >= 0.6 is 11.6 Å². The van der Waals surface area contributed by atoms with Crippen molar-refractivity contribution >= 4 is 40.8 Å². The number of ether oxygens (including phenoxy) is 1. The molecule has 0 unspecified atom stereocenters. The Morgan fingerprint density at radius 2 is 1.93 bits per heavy atom. The van der Waals surface area contributed by atoms with E-state index in [0.29, 0.717) is 11.4 Å². The number of phenolic OH excluding ortho intramolecular Hbond substituents is 1. The summed E-state index contributed by atoms with van der Waals surface area (Å²) in [4.78, 5) is 38.6. The molecular formula is C19H17ClN2O5. The number of halogens is 1. The summed E-state index contributed by atoms with van der Waals surface area (Å²) < 4.78 is 5.04. The maximum Gasteiger partial charge on any atom is 0.342 e. The van der Waals surface area contributed by atoms with Crippen molar-refractivity contribution in [1.82, 2.24) is 0 Å². The molecule has 2 aromatic carbocycles. The molecule has 0 saturated heterocycles. The van der Waals surface area contributed by atoms with Crippen LogP contribution in [0.4, 0.5) is 11.4 Å². The molecule has 1 heterocycles. The lowest BCUT2D eigenvalue weighted by Crippen LogP contribution is -2.59. The second-order valence-electron chi connectivity index (χ2n) is 6.50. The molecule has 27 heavy (non-hydrogen) atoms. The number of carbonyl (C=O) groups excluding carboxylic acids is 3. The Morgan fingerprint density at radius 1 is 1.22 bits per heavy atom. The lowest BCUT2D eigenvalue weighted by molar-refractivity contribution is -0.128. The number of nitrogens with zero attached hydrogens (tertiary/aromatic N) is 1. The molecule has 2 amide bonds. The largest absolute Gasteiger partial charge is 0.507 e. The first kappa shape index (κ1) is 18.7. The van der Waals surface area contributed by atoms with Gasteiger partial charge < -0.3 is 15.2 Å². The number of anilines is 2. The number of benzene rings is 2. The molecule has 3 rings (SSSR count). The van der Waals surface area contributed by atoms with Gasteiger partial charge in [0.15, 0.2) is 6.61 Å². The van der Waals surface area contributed by atoms with E-state index in [1.165, 1.54) is 23.1 Å². The third-order valence-electron chi connectivity index (χ3n) is 4.26. The van der Waals surface area contributed by atoms with Crippen LogP contribution in [0.25, 0.3) is 0 Å². The minimum Gasteiger partial charge on any atom is -0.507 e. The second-order valence-corrected chi connectivity index (χ2v) is 6.93. The summed E-state index contributed by atoms with van der Waals surface area (Å²) in [5.74, 6) is -2.13. The summed E-state index contributed by atoms with van der Waals surface area (Å²) >= 11 is 5.73. The monoisotopic (exact) mass is 388 g/mol. The smallest absolute Gasteiger partial charge is 0.342 e. The highest BCUT2D eigenvalue weighted by Gasteiger charge is 2.43. The van der Waals surface area contributed by atoms with E-state index < -0.39 is 24.0 Å². The first-order valence-corrected chi connectivity index (χ1v) is 8.49. The lowest BCUT2D eigenvalue weighted by atomic mass is 9.96. The molecule has 1 aliphatic rings. The van der Waals surface area contributed by atoms with Gasteiger partial charge in [0.2, 0.25) is 5.91 Å². The van der Waals surface area contributed by atoms with Crippen LogP contribution in [0.3, 0.4) is 0 Å². The number of amides is 2. The maximum absolute atomic E-state index is 12.8. The predicted molar refractivity (Wildman–Crippen MR) is 100 cm³/mol. The zero-order valence-electron chi connectivity index (χ0n) is 14.7. The molecule has 0 spiro atoms. The molecule has 0 radical (unpaired) electrons. The van der Waals surface area contributed by atoms with Gasteiger partial charge in [-0.3, -0.25) is 14.5 Å². The highest BCUT2D eigenvalue weighted by molar-refractivity contribution is 6.30. The van der Waals surface area contributed by atoms with Crippen LogP contribution in [0.5, 0.6) is 5.75 Å². The summed E-state index contributed by atoms with van der Waals surface area (Å²) in [6.07, 6.45) is 0. The third kappa shape index (κ3) is 3.46. The van der Waals surface area contributed by atoms with Crippen molar-refractivity contribution in [2.45, 2.75) is 19.4 Å². The van der Waals surface area contributed by atoms with Gasteiger partial charge in [0, 0.05) is 5.02 Å². The molecular weight excluding hydrogens is 372 g/mol. The maximum atomic E-state index is 12.8. The Kier molecular flexibility index (Phi) is 4.80. The van der Waals surface area contributed by atoms with E-state index in [4.69, 9.17) is 16.3 Å². The Balaban J connectivity index is 1.81. The highest BCUT2D eigenvalue weighted by atomic mass is 35.5. The normalized spacial score (nSPS) is 14.9. The second kappa shape index (κ2) is 6.92. The number of carbonyl (C=O) groups is 3. The number of aromatic hydroxyl groups is 1. The molecule has 0 saturated carbocycles. The van der Waals surface area contributed by atoms with Gasteiger partial charge >= 0.3 is 5.97 Å². The third-order valence-corrected chi connectivity index (χ3v) is 4.50. The minimum atomic E-state index is -1.17. The van der Waals surface area contributed by atoms with Crippen molar-refractivity contribution in [3.63, 3.8) is 0 Å². The molecule has 8 heteroatoms. The fraction of sp³-hybridized carbons (Fsp3) is 0.211. The molecule has 2 N–H and O–H groups in total. The van der Waals surface area contributed by atoms with Crippen molar-refractivity contribution in [2.75, 3.05) is 16.8 Å². The van der Waals surface area contributed by atoms with Crippen LogP contribution in [0.15, 0.2) is 42.5 Å². The van der Waals surface area contributed by atoms with E-state index in [0.717, 1.165) is 0 Å². The Labute approximate surface area is 160 Å². The van der Waals surface area contributed by atoms with E-state index in [-0.39, 0.29) is 22.2 Å². The molecule has 1 aliphatic heterocycles. The number of para-hydroxylation sites is 2. The van der Waals surface area contributed by atoms with Crippen molar-refractivity contribution in [3.05, 3.63) is 53.1 Å². The topological polar surface area (TPSA) is 95.9 Å². The van der Waals surface area contributed by atoms with Gasteiger partial charge in [-0.25, -0.2) is 4.79 Å². The Morgan fingerprint density at radius 3 is 2.63 bits per heavy atom. The number of phenols is 1. The molecule has 0 bridgehead atoms. The van der Waals surface area contributed by atoms with Crippen LogP contribution in [0, 0.1) is 0 Å². The van der Waals surface area contributed by atoms with Gasteiger partial charge in [-0.2, -0.15) is 0 Å². The minimum absolute atomic E-state index is 0.108. The molecule has 140 valence electrons. The summed E-state index contributed by atoms with van der Waals surface area (Å²) in [5, 5.41) is 12.8. The van der Waals surface area contributed by atoms with E-state index in [9.17, 15) is 19.5 Å². The highest BCUT2D eigenvalue weighted by Crippen LogP contribution is 2.36. The quantitative estimate of drug-likeness (QED) is 0.788. The lowest BCUT2D eigenvalue weighted by Gasteiger charge is -2.41. The van der Waals surface area contributed by atoms with E-state index >= 15 is 0 Å². The standard InChI is InChI=1S/C19H17ClN2O5/c1-19(2)18(26)21-13-5-3-4-6-14(13)22(19)16(24)10-27-17(25)12-8-7-11(20)9-15(12)23/h3-9,23H,10H2,1-2H3,(H,21,26). The van der Waals surface area contributed by atoms with Crippen molar-refractivity contribution < 1.29 is 24.2 Å². The Bertz CT molecular complexity index is 941. The number of esters is 1. The van der Waals surface area contributed by atoms with Gasteiger partial charge in [-0.1, -0.05) is 23.7 Å². The van der Waals surface area contributed by atoms with Crippen molar-refractivity contribution in [1.29, 1.82) is 0 Å². The first-order chi connectivity index (χ1) is 12.7. The van der Waals surface area contributed by atoms with Gasteiger partial charge in [-0.05, 0) is 44.2 Å². The van der Waals surface area contributed by atoms with Crippen LogP contribution < -0.4 is 10.2 Å². The molecule has 0 aliphatic carbocycles. The van der Waals surface area contributed by atoms with Gasteiger partial charge in [0.05, 0.1) is 11.4 Å². The number of hydrogen-bond acceptors (Lipinski definition) is 5. The molecule has 0 atom stereocenters. The first-order valence-electron chi connectivity index (χ1n) is 8.11. The van der Waals surface area contributed by atoms with Crippen LogP contribution in [-0.4, -0.2) is 35.0 Å². The summed E-state index contributed by atoms with van der Waals surface area (Å²) in [7, 11) is 0. The molecule has 0 aromatic heterocycles. The number of rotatable bonds is 3. The summed E-state index contributed by atoms with van der Waals surface area (Å²) in [6, 6.07) is 10.8. The number of hydrogen-bond donors (Lipinski definition) is 2. The van der Waals surface area contributed by atoms with Gasteiger partial charge in [0.25, 0.3) is 5.91 Å². The fourth-order valence-corrected chi connectivity index (χ4v) is 3.01. The molecule has 2 aromatic rings. The number of fused-ring (bicyclic) bond motifs is 1. The van der Waals surface area contributed by atoms with Gasteiger partial charge in [0.1, 0.15) is 16.9 Å².